The molecule has 0 saturated heterocycles. The van der Waals surface area contributed by atoms with Crippen molar-refractivity contribution in [3.8, 4) is 0 Å². The monoisotopic (exact) mass is 999 g/mol. The first-order chi connectivity index (χ1) is 33.6. The molecule has 410 valence electrons. The molecule has 70 heavy (non-hydrogen) atoms. The van der Waals surface area contributed by atoms with E-state index in [2.05, 4.69) is 115 Å². The summed E-state index contributed by atoms with van der Waals surface area (Å²) in [5.74, 6) is 0.122. The lowest BCUT2D eigenvalue weighted by Crippen LogP contribution is -3.00. The van der Waals surface area contributed by atoms with E-state index < -0.39 is 0 Å². The number of rotatable bonds is 46. The normalized spacial score (nSPS) is 11.3. The van der Waals surface area contributed by atoms with Crippen LogP contribution in [0.2, 0.25) is 0 Å². The number of benzene rings is 2. The molecule has 0 radical (unpaired) electrons. The second-order valence-corrected chi connectivity index (χ2v) is 22.3. The van der Waals surface area contributed by atoms with Gasteiger partial charge in [-0.05, 0) is 45.1 Å². The molecule has 2 aromatic rings. The van der Waals surface area contributed by atoms with Gasteiger partial charge in [-0.25, -0.2) is 0 Å². The van der Waals surface area contributed by atoms with Crippen LogP contribution in [0.5, 0.6) is 0 Å². The van der Waals surface area contributed by atoms with Gasteiger partial charge in [0.05, 0.1) is 41.3 Å². The number of hydrogen-bond acceptors (Lipinski definition) is 3. The Hall–Kier alpha value is -1.96. The van der Waals surface area contributed by atoms with E-state index in [1.807, 2.05) is 5.48 Å². The Kier molecular flexibility index (Phi) is 53.4. The molecule has 0 atom stereocenters. The predicted octanol–water partition coefficient (Wildman–Crippen LogP) is 15.2. The van der Waals surface area contributed by atoms with Crippen LogP contribution in [-0.4, -0.2) is 69.2 Å². The van der Waals surface area contributed by atoms with Crippen molar-refractivity contribution in [1.29, 1.82) is 0 Å². The van der Waals surface area contributed by atoms with Crippen LogP contribution in [0.1, 0.15) is 269 Å². The Morgan fingerprint density at radius 3 is 0.943 bits per heavy atom. The first-order valence-electron chi connectivity index (χ1n) is 29.9. The van der Waals surface area contributed by atoms with Gasteiger partial charge in [0, 0.05) is 24.1 Å². The third kappa shape index (κ3) is 52.4. The molecule has 0 saturated carbocycles. The van der Waals surface area contributed by atoms with Crippen molar-refractivity contribution in [2.75, 3.05) is 54.4 Å². The van der Waals surface area contributed by atoms with Crippen LogP contribution in [0, 0.1) is 5.21 Å². The number of halogens is 1. The summed E-state index contributed by atoms with van der Waals surface area (Å²) in [6.07, 6.45) is 50.1. The van der Waals surface area contributed by atoms with Crippen LogP contribution in [0.4, 0.5) is 0 Å². The highest BCUT2D eigenvalue weighted by molar-refractivity contribution is 5.75. The van der Waals surface area contributed by atoms with E-state index in [1.54, 1.807) is 0 Å². The molecule has 0 aliphatic heterocycles. The van der Waals surface area contributed by atoms with Gasteiger partial charge in [-0.3, -0.25) is 4.79 Å². The zero-order valence-electron chi connectivity index (χ0n) is 47.8. The number of amides is 1. The van der Waals surface area contributed by atoms with Crippen LogP contribution < -0.4 is 23.2 Å². The standard InChI is InChI=1S/2C23H42N.C17H35N2O2.ClH/c2*1-4-5-6-7-8-9-10-11-12-13-14-18-21-24(2,3)22-23-19-16-15-17-20-23;1-2-3-4-5-6-7-8-9-10-11-12-14-17(20)18-15-13-16-19-21;/h2*15-17,19-20H,4-14,18,21-22H2,1-3H3;19H,2-16H2,1H3,(H,18,20);1H/q2*+1;-1;/p-1. The summed E-state index contributed by atoms with van der Waals surface area (Å²) in [5, 5.41) is 12.8. The lowest BCUT2D eigenvalue weighted by atomic mass is 10.1. The molecule has 0 fully saturated rings. The van der Waals surface area contributed by atoms with E-state index in [9.17, 15) is 10.0 Å². The smallest absolute Gasteiger partial charge is 0.219 e. The van der Waals surface area contributed by atoms with Crippen LogP contribution in [0.25, 0.3) is 0 Å². The maximum absolute atomic E-state index is 11.5. The highest BCUT2D eigenvalue weighted by Gasteiger charge is 2.16. The van der Waals surface area contributed by atoms with Gasteiger partial charge in [-0.2, -0.15) is 0 Å². The van der Waals surface area contributed by atoms with Gasteiger partial charge >= 0.3 is 0 Å². The molecule has 0 unspecified atom stereocenters. The molecule has 0 bridgehead atoms. The average molecular weight is 1000 g/mol. The number of nitrogens with one attached hydrogen (secondary N) is 2. The minimum absolute atomic E-state index is 0. The maximum atomic E-state index is 11.5. The second kappa shape index (κ2) is 53.3. The maximum Gasteiger partial charge on any atom is 0.219 e. The van der Waals surface area contributed by atoms with Crippen molar-refractivity contribution in [2.45, 2.75) is 271 Å². The SMILES string of the molecule is CCCCCCCCCCCCCC(=O)NCCCN[O-].CCCCCCCCCCCCCC[N+](C)(C)Cc1ccccc1.CCCCCCCCCCCCCC[N+](C)(C)Cc1ccccc1.[Cl-]. The molecule has 2 aromatic carbocycles. The van der Waals surface area contributed by atoms with Crippen LogP contribution in [0.3, 0.4) is 0 Å². The summed E-state index contributed by atoms with van der Waals surface area (Å²) in [7, 11) is 9.47. The van der Waals surface area contributed by atoms with E-state index in [0.29, 0.717) is 25.9 Å². The molecule has 0 aliphatic rings. The van der Waals surface area contributed by atoms with E-state index in [-0.39, 0.29) is 18.3 Å². The van der Waals surface area contributed by atoms with Gasteiger partial charge in [0.15, 0.2) is 0 Å². The Morgan fingerprint density at radius 1 is 0.386 bits per heavy atom. The molecule has 0 spiro atoms. The fourth-order valence-corrected chi connectivity index (χ4v) is 9.50. The summed E-state index contributed by atoms with van der Waals surface area (Å²) in [4.78, 5) is 11.5. The summed E-state index contributed by atoms with van der Waals surface area (Å²) < 4.78 is 2.23. The fraction of sp³-hybridized carbons (Fsp3) is 0.794. The van der Waals surface area contributed by atoms with Gasteiger partial charge < -0.3 is 37.4 Å². The van der Waals surface area contributed by atoms with Crippen molar-refractivity contribution < 1.29 is 26.2 Å². The summed E-state index contributed by atoms with van der Waals surface area (Å²) in [6, 6.07) is 21.8. The molecule has 0 aliphatic carbocycles. The fourth-order valence-electron chi connectivity index (χ4n) is 9.50. The molecule has 0 heterocycles. The number of carbonyl (C=O) groups excluding carboxylic acids is 1. The van der Waals surface area contributed by atoms with Crippen LogP contribution in [-0.2, 0) is 17.9 Å². The van der Waals surface area contributed by atoms with Crippen molar-refractivity contribution >= 4 is 5.91 Å². The topological polar surface area (TPSA) is 64.2 Å². The molecule has 0 aromatic heterocycles. The number of hydrogen-bond donors (Lipinski definition) is 2. The summed E-state index contributed by atoms with van der Waals surface area (Å²) >= 11 is 0. The van der Waals surface area contributed by atoms with Gasteiger partial charge in [0.2, 0.25) is 5.91 Å². The van der Waals surface area contributed by atoms with E-state index in [4.69, 9.17) is 0 Å². The van der Waals surface area contributed by atoms with Crippen LogP contribution >= 0.6 is 0 Å². The third-order valence-electron chi connectivity index (χ3n) is 13.9. The minimum Gasteiger partial charge on any atom is -1.00 e. The van der Waals surface area contributed by atoms with E-state index in [0.717, 1.165) is 34.9 Å². The Balaban J connectivity index is 0. The minimum atomic E-state index is 0. The number of hydroxylamine groups is 1. The molecule has 2 N–H and O–H groups in total. The first-order valence-corrected chi connectivity index (χ1v) is 29.9. The molecule has 7 heteroatoms. The summed E-state index contributed by atoms with van der Waals surface area (Å²) in [5.41, 5.74) is 4.75. The number of unbranched alkanes of at least 4 members (excludes halogenated alkanes) is 32. The number of carbonyl (C=O) groups is 1. The zero-order chi connectivity index (χ0) is 50.6. The van der Waals surface area contributed by atoms with E-state index in [1.165, 1.54) is 236 Å². The number of quaternary nitrogens is 2. The van der Waals surface area contributed by atoms with Crippen molar-refractivity contribution in [3.05, 3.63) is 77.0 Å². The molecular formula is C63H119ClN4O2. The quantitative estimate of drug-likeness (QED) is 0.0395. The lowest BCUT2D eigenvalue weighted by Gasteiger charge is -2.30. The Labute approximate surface area is 443 Å². The second-order valence-electron chi connectivity index (χ2n) is 22.3. The zero-order valence-corrected chi connectivity index (χ0v) is 48.5. The van der Waals surface area contributed by atoms with Gasteiger partial charge in [0.1, 0.15) is 13.1 Å². The Bertz CT molecular complexity index is 1230. The number of nitrogens with zero attached hydrogens (tertiary/aromatic N) is 2. The molecule has 6 nitrogen and oxygen atoms in total. The molecule has 1 amide bonds. The van der Waals surface area contributed by atoms with Crippen LogP contribution in [0.15, 0.2) is 60.7 Å². The highest BCUT2D eigenvalue weighted by atomic mass is 35.5. The van der Waals surface area contributed by atoms with Gasteiger partial charge in [-0.15, -0.1) is 0 Å². The Morgan fingerprint density at radius 2 is 0.657 bits per heavy atom. The third-order valence-corrected chi connectivity index (χ3v) is 13.9. The summed E-state index contributed by atoms with van der Waals surface area (Å²) in [6.45, 7) is 12.8. The van der Waals surface area contributed by atoms with Gasteiger partial charge in [-0.1, -0.05) is 274 Å². The first kappa shape index (κ1) is 70.1. The predicted molar refractivity (Wildman–Crippen MR) is 306 cm³/mol. The van der Waals surface area contributed by atoms with Crippen molar-refractivity contribution in [2.24, 2.45) is 0 Å². The van der Waals surface area contributed by atoms with Crippen molar-refractivity contribution in [3.63, 3.8) is 0 Å². The van der Waals surface area contributed by atoms with Crippen molar-refractivity contribution in [1.82, 2.24) is 10.8 Å². The highest BCUT2D eigenvalue weighted by Crippen LogP contribution is 2.17. The van der Waals surface area contributed by atoms with E-state index >= 15 is 0 Å². The molecular weight excluding hydrogens is 880 g/mol. The lowest BCUT2D eigenvalue weighted by molar-refractivity contribution is -0.903. The average Bonchev–Trinajstić information content (AvgIpc) is 3.33. The molecule has 2 rings (SSSR count). The van der Waals surface area contributed by atoms with Gasteiger partial charge in [0.25, 0.3) is 0 Å². The largest absolute Gasteiger partial charge is 1.00 e.